The molecule has 0 unspecified atom stereocenters. The molecule has 0 atom stereocenters. The van der Waals surface area contributed by atoms with Crippen molar-refractivity contribution in [2.24, 2.45) is 0 Å². The van der Waals surface area contributed by atoms with Crippen LogP contribution in [-0.2, 0) is 5.41 Å². The predicted molar refractivity (Wildman–Crippen MR) is 263 cm³/mol. The van der Waals surface area contributed by atoms with Gasteiger partial charge in [0.1, 0.15) is 22.3 Å². The zero-order valence-corrected chi connectivity index (χ0v) is 34.6. The summed E-state index contributed by atoms with van der Waals surface area (Å²) in [6.07, 6.45) is 0. The smallest absolute Gasteiger partial charge is 0.137 e. The molecule has 0 fully saturated rings. The van der Waals surface area contributed by atoms with Gasteiger partial charge in [0.15, 0.2) is 0 Å². The molecule has 2 aliphatic rings. The summed E-state index contributed by atoms with van der Waals surface area (Å²) in [6, 6.07) is 81.4. The van der Waals surface area contributed by atoms with Crippen molar-refractivity contribution in [3.8, 4) is 44.5 Å². The summed E-state index contributed by atoms with van der Waals surface area (Å²) < 4.78 is 13.5. The summed E-state index contributed by atoms with van der Waals surface area (Å²) in [4.78, 5) is 2.42. The summed E-state index contributed by atoms with van der Waals surface area (Å²) in [5.74, 6) is 0. The van der Waals surface area contributed by atoms with E-state index in [4.69, 9.17) is 8.83 Å². The lowest BCUT2D eigenvalue weighted by Crippen LogP contribution is -2.26. The number of anilines is 3. The molecule has 1 spiro atoms. The Labute approximate surface area is 369 Å². The lowest BCUT2D eigenvalue weighted by molar-refractivity contribution is 0.664. The normalized spacial score (nSPS) is 13.1. The maximum atomic E-state index is 6.84. The predicted octanol–water partition coefficient (Wildman–Crippen LogP) is 16.6. The number of furan rings is 2. The fraction of sp³-hybridized carbons (Fsp3) is 0.0164. The first-order valence-corrected chi connectivity index (χ1v) is 22.0. The highest BCUT2D eigenvalue weighted by Crippen LogP contribution is 2.63. The molecule has 2 aliphatic carbocycles. The van der Waals surface area contributed by atoms with Crippen LogP contribution in [-0.4, -0.2) is 0 Å². The average molecular weight is 816 g/mol. The van der Waals surface area contributed by atoms with Crippen molar-refractivity contribution in [1.29, 1.82) is 0 Å². The van der Waals surface area contributed by atoms with Crippen molar-refractivity contribution < 1.29 is 8.83 Å². The molecule has 2 heterocycles. The van der Waals surface area contributed by atoms with E-state index in [2.05, 4.69) is 229 Å². The van der Waals surface area contributed by atoms with Crippen LogP contribution >= 0.6 is 0 Å². The second-order valence-electron chi connectivity index (χ2n) is 17.1. The van der Waals surface area contributed by atoms with Gasteiger partial charge in [-0.15, -0.1) is 0 Å². The summed E-state index contributed by atoms with van der Waals surface area (Å²) in [5.41, 5.74) is 21.1. The van der Waals surface area contributed by atoms with Gasteiger partial charge in [-0.05, 0) is 127 Å². The number of nitrogens with zero attached hydrogens (tertiary/aromatic N) is 1. The van der Waals surface area contributed by atoms with Crippen LogP contribution in [0.4, 0.5) is 17.1 Å². The molecule has 0 bridgehead atoms. The molecule has 64 heavy (non-hydrogen) atoms. The van der Waals surface area contributed by atoms with E-state index < -0.39 is 5.41 Å². The number of fused-ring (bicyclic) bond motifs is 16. The molecule has 12 aromatic rings. The van der Waals surface area contributed by atoms with Gasteiger partial charge in [0, 0.05) is 27.5 Å². The molecule has 3 nitrogen and oxygen atoms in total. The number of rotatable bonds is 5. The Kier molecular flexibility index (Phi) is 7.32. The van der Waals surface area contributed by atoms with Crippen molar-refractivity contribution in [1.82, 2.24) is 0 Å². The molecule has 0 saturated heterocycles. The third-order valence-corrected chi connectivity index (χ3v) is 13.9. The largest absolute Gasteiger partial charge is 0.456 e. The Morgan fingerprint density at radius 2 is 0.797 bits per heavy atom. The van der Waals surface area contributed by atoms with Gasteiger partial charge in [-0.3, -0.25) is 0 Å². The summed E-state index contributed by atoms with van der Waals surface area (Å²) in [5, 5.41) is 4.15. The minimum Gasteiger partial charge on any atom is -0.456 e. The van der Waals surface area contributed by atoms with Gasteiger partial charge in [-0.1, -0.05) is 164 Å². The van der Waals surface area contributed by atoms with E-state index in [1.807, 2.05) is 0 Å². The first-order valence-electron chi connectivity index (χ1n) is 22.0. The molecule has 0 N–H and O–H groups in total. The van der Waals surface area contributed by atoms with Gasteiger partial charge in [0.2, 0.25) is 0 Å². The zero-order chi connectivity index (χ0) is 41.9. The SMILES string of the molecule is c1ccc(-c2ccc(N(c3ccc4c(c3)C3(c5ccccc5-c5ccccc53)c3ccccc3-4)c3cccc4oc5cc6c(cc5c34)oc3ccc(-c4ccccc4)cc36)cc2)cc1. The van der Waals surface area contributed by atoms with Crippen LogP contribution < -0.4 is 4.90 Å². The lowest BCUT2D eigenvalue weighted by atomic mass is 9.70. The average Bonchev–Trinajstić information content (AvgIpc) is 4.09. The first-order chi connectivity index (χ1) is 31.7. The summed E-state index contributed by atoms with van der Waals surface area (Å²) >= 11 is 0. The van der Waals surface area contributed by atoms with E-state index in [1.165, 1.54) is 61.2 Å². The molecule has 0 radical (unpaired) electrons. The van der Waals surface area contributed by atoms with Crippen molar-refractivity contribution in [3.05, 3.63) is 247 Å². The molecule has 3 heteroatoms. The molecular weight excluding hydrogens is 779 g/mol. The quantitative estimate of drug-likeness (QED) is 0.173. The van der Waals surface area contributed by atoms with Gasteiger partial charge < -0.3 is 13.7 Å². The van der Waals surface area contributed by atoms with Crippen molar-refractivity contribution >= 4 is 60.9 Å². The van der Waals surface area contributed by atoms with Gasteiger partial charge in [0.25, 0.3) is 0 Å². The second kappa shape index (κ2) is 13.3. The molecule has 14 rings (SSSR count). The highest BCUT2D eigenvalue weighted by Gasteiger charge is 2.51. The van der Waals surface area contributed by atoms with Crippen LogP contribution in [0.3, 0.4) is 0 Å². The van der Waals surface area contributed by atoms with Crippen LogP contribution in [0.5, 0.6) is 0 Å². The molecule has 0 aliphatic heterocycles. The monoisotopic (exact) mass is 815 g/mol. The highest BCUT2D eigenvalue weighted by molar-refractivity contribution is 6.19. The molecule has 10 aromatic carbocycles. The van der Waals surface area contributed by atoms with E-state index in [1.54, 1.807) is 0 Å². The van der Waals surface area contributed by atoms with Crippen LogP contribution in [0.2, 0.25) is 0 Å². The minimum absolute atomic E-state index is 0.473. The van der Waals surface area contributed by atoms with Crippen LogP contribution in [0.1, 0.15) is 22.3 Å². The fourth-order valence-corrected chi connectivity index (χ4v) is 11.2. The Hall–Kier alpha value is -8.40. The minimum atomic E-state index is -0.473. The van der Waals surface area contributed by atoms with E-state index in [0.717, 1.165) is 66.5 Å². The van der Waals surface area contributed by atoms with Gasteiger partial charge in [-0.25, -0.2) is 0 Å². The van der Waals surface area contributed by atoms with E-state index in [9.17, 15) is 0 Å². The van der Waals surface area contributed by atoms with Crippen LogP contribution in [0.15, 0.2) is 233 Å². The van der Waals surface area contributed by atoms with Crippen LogP contribution in [0, 0.1) is 0 Å². The van der Waals surface area contributed by atoms with E-state index in [-0.39, 0.29) is 0 Å². The molecular formula is C61H37NO2. The number of hydrogen-bond acceptors (Lipinski definition) is 3. The first kappa shape index (κ1) is 35.2. The maximum Gasteiger partial charge on any atom is 0.137 e. The highest BCUT2D eigenvalue weighted by atomic mass is 16.3. The topological polar surface area (TPSA) is 29.5 Å². The van der Waals surface area contributed by atoms with Gasteiger partial charge >= 0.3 is 0 Å². The van der Waals surface area contributed by atoms with Gasteiger partial charge in [-0.2, -0.15) is 0 Å². The molecule has 298 valence electrons. The van der Waals surface area contributed by atoms with Crippen molar-refractivity contribution in [2.75, 3.05) is 4.90 Å². The number of hydrogen-bond donors (Lipinski definition) is 0. The summed E-state index contributed by atoms with van der Waals surface area (Å²) in [6.45, 7) is 0. The van der Waals surface area contributed by atoms with E-state index in [0.29, 0.717) is 0 Å². The zero-order valence-electron chi connectivity index (χ0n) is 34.6. The molecule has 0 amide bonds. The third kappa shape index (κ3) is 4.86. The fourth-order valence-electron chi connectivity index (χ4n) is 11.2. The van der Waals surface area contributed by atoms with Crippen molar-refractivity contribution in [3.63, 3.8) is 0 Å². The molecule has 0 saturated carbocycles. The van der Waals surface area contributed by atoms with Crippen LogP contribution in [0.25, 0.3) is 88.4 Å². The van der Waals surface area contributed by atoms with E-state index >= 15 is 0 Å². The maximum absolute atomic E-state index is 6.84. The van der Waals surface area contributed by atoms with Crippen molar-refractivity contribution in [2.45, 2.75) is 5.41 Å². The lowest BCUT2D eigenvalue weighted by Gasteiger charge is -2.32. The Morgan fingerprint density at radius 1 is 0.297 bits per heavy atom. The second-order valence-corrected chi connectivity index (χ2v) is 17.1. The summed E-state index contributed by atoms with van der Waals surface area (Å²) in [7, 11) is 0. The Morgan fingerprint density at radius 3 is 1.47 bits per heavy atom. The Balaban J connectivity index is 1.01. The third-order valence-electron chi connectivity index (χ3n) is 13.9. The Bertz CT molecular complexity index is 3780. The standard InChI is InChI=1S/C61H37NO2/c1-3-14-38(15-4-1)40-26-29-42(30-27-40)62(43-31-32-47-46-20-9-12-23-53(46)61(54(47)35-43)51-21-10-7-18-44(51)45-19-8-11-22-52(45)61)55-24-13-25-57-60(55)50-37-58-49(36-59(50)64-57)48-34-41(28-33-56(48)63-58)39-16-5-2-6-17-39/h1-37H. The molecule has 2 aromatic heterocycles. The van der Waals surface area contributed by atoms with Gasteiger partial charge in [0.05, 0.1) is 16.5 Å². The number of benzene rings is 10.